The van der Waals surface area contributed by atoms with E-state index in [4.69, 9.17) is 16.3 Å². The Labute approximate surface area is 175 Å². The summed E-state index contributed by atoms with van der Waals surface area (Å²) in [5, 5.41) is 13.2. The van der Waals surface area contributed by atoms with E-state index in [2.05, 4.69) is 15.5 Å². The van der Waals surface area contributed by atoms with Gasteiger partial charge in [-0.25, -0.2) is 4.79 Å². The minimum absolute atomic E-state index is 0.387. The Morgan fingerprint density at radius 1 is 0.931 bits per heavy atom. The predicted octanol–water partition coefficient (Wildman–Crippen LogP) is 4.48. The van der Waals surface area contributed by atoms with Gasteiger partial charge < -0.3 is 4.74 Å². The zero-order valence-electron chi connectivity index (χ0n) is 14.9. The number of cyclic esters (lactones) is 1. The first-order valence-corrected chi connectivity index (χ1v) is 9.98. The van der Waals surface area contributed by atoms with Crippen LogP contribution in [0.2, 0.25) is 5.02 Å². The maximum absolute atomic E-state index is 12.7. The third-order valence-corrected chi connectivity index (χ3v) is 6.15. The second-order valence-electron chi connectivity index (χ2n) is 6.37. The Morgan fingerprint density at radius 3 is 2.45 bits per heavy atom. The van der Waals surface area contributed by atoms with Crippen LogP contribution in [0.3, 0.4) is 0 Å². The minimum atomic E-state index is -1.13. The highest BCUT2D eigenvalue weighted by Crippen LogP contribution is 2.52. The van der Waals surface area contributed by atoms with Crippen LogP contribution in [0.5, 0.6) is 0 Å². The SMILES string of the molecule is O=C1OC(Sc2nnnn2-c2ccccc2)(c2ccc(Cl)cc2)c2ccccc21. The Bertz CT molecular complexity index is 1200. The lowest BCUT2D eigenvalue weighted by Crippen LogP contribution is -2.24. The fraction of sp³-hybridized carbons (Fsp3) is 0.0476. The summed E-state index contributed by atoms with van der Waals surface area (Å²) in [6.07, 6.45) is 0. The Morgan fingerprint density at radius 2 is 1.66 bits per heavy atom. The van der Waals surface area contributed by atoms with Crippen molar-refractivity contribution >= 4 is 29.3 Å². The molecule has 0 saturated carbocycles. The molecule has 0 spiro atoms. The number of nitrogens with zero attached hydrogens (tertiary/aromatic N) is 4. The van der Waals surface area contributed by atoms with Gasteiger partial charge in [-0.1, -0.05) is 60.1 Å². The summed E-state index contributed by atoms with van der Waals surface area (Å²) in [7, 11) is 0. The molecule has 1 unspecified atom stereocenters. The van der Waals surface area contributed by atoms with Gasteiger partial charge >= 0.3 is 5.97 Å². The molecular formula is C21H13ClN4O2S. The molecule has 1 aliphatic rings. The minimum Gasteiger partial charge on any atom is -0.435 e. The Hall–Kier alpha value is -3.16. The lowest BCUT2D eigenvalue weighted by Gasteiger charge is -2.28. The number of esters is 1. The van der Waals surface area contributed by atoms with Crippen LogP contribution in [-0.2, 0) is 9.67 Å². The molecule has 2 heterocycles. The van der Waals surface area contributed by atoms with E-state index in [9.17, 15) is 4.79 Å². The van der Waals surface area contributed by atoms with Gasteiger partial charge in [0.25, 0.3) is 0 Å². The molecule has 5 rings (SSSR count). The first-order chi connectivity index (χ1) is 14.2. The van der Waals surface area contributed by atoms with Crippen LogP contribution in [-0.4, -0.2) is 26.2 Å². The number of hydrogen-bond acceptors (Lipinski definition) is 6. The van der Waals surface area contributed by atoms with Crippen molar-refractivity contribution in [3.8, 4) is 5.69 Å². The number of ether oxygens (including phenoxy) is 1. The van der Waals surface area contributed by atoms with Crippen LogP contribution in [0.4, 0.5) is 0 Å². The molecule has 3 aromatic carbocycles. The van der Waals surface area contributed by atoms with Crippen molar-refractivity contribution in [3.63, 3.8) is 0 Å². The molecule has 29 heavy (non-hydrogen) atoms. The van der Waals surface area contributed by atoms with Crippen molar-refractivity contribution in [2.45, 2.75) is 10.1 Å². The third-order valence-electron chi connectivity index (χ3n) is 4.64. The number of hydrogen-bond donors (Lipinski definition) is 0. The zero-order valence-corrected chi connectivity index (χ0v) is 16.5. The Kier molecular flexibility index (Phi) is 4.34. The summed E-state index contributed by atoms with van der Waals surface area (Å²) >= 11 is 7.36. The van der Waals surface area contributed by atoms with E-state index in [1.54, 1.807) is 22.9 Å². The third kappa shape index (κ3) is 2.99. The van der Waals surface area contributed by atoms with Gasteiger partial charge in [0.2, 0.25) is 10.1 Å². The molecule has 6 nitrogen and oxygen atoms in total. The fourth-order valence-corrected chi connectivity index (χ4v) is 4.66. The summed E-state index contributed by atoms with van der Waals surface area (Å²) < 4.78 is 7.60. The smallest absolute Gasteiger partial charge is 0.340 e. The zero-order chi connectivity index (χ0) is 19.8. The molecule has 1 aromatic heterocycles. The van der Waals surface area contributed by atoms with Gasteiger partial charge in [-0.2, -0.15) is 4.68 Å². The van der Waals surface area contributed by atoms with Crippen molar-refractivity contribution < 1.29 is 9.53 Å². The van der Waals surface area contributed by atoms with Gasteiger partial charge in [-0.05, 0) is 52.5 Å². The van der Waals surface area contributed by atoms with Gasteiger partial charge in [0.1, 0.15) is 0 Å². The average Bonchev–Trinajstić information content (AvgIpc) is 3.33. The predicted molar refractivity (Wildman–Crippen MR) is 109 cm³/mol. The standard InChI is InChI=1S/C21H13ClN4O2S/c22-15-12-10-14(11-13-15)21(18-9-5-4-8-17(18)19(27)28-21)29-20-23-24-25-26(20)16-6-2-1-3-7-16/h1-13H. The molecule has 0 aliphatic carbocycles. The molecular weight excluding hydrogens is 408 g/mol. The first-order valence-electron chi connectivity index (χ1n) is 8.79. The van der Waals surface area contributed by atoms with Crippen molar-refractivity contribution in [3.05, 3.63) is 101 Å². The van der Waals surface area contributed by atoms with Crippen LogP contribution in [0.1, 0.15) is 21.5 Å². The number of aromatic nitrogens is 4. The lowest BCUT2D eigenvalue weighted by molar-refractivity contribution is 0.0383. The summed E-state index contributed by atoms with van der Waals surface area (Å²) in [6.45, 7) is 0. The summed E-state index contributed by atoms with van der Waals surface area (Å²) in [5.74, 6) is -0.387. The molecule has 0 fully saturated rings. The van der Waals surface area contributed by atoms with E-state index < -0.39 is 4.93 Å². The van der Waals surface area contributed by atoms with E-state index in [0.29, 0.717) is 15.7 Å². The molecule has 0 bridgehead atoms. The highest BCUT2D eigenvalue weighted by atomic mass is 35.5. The number of tetrazole rings is 1. The maximum Gasteiger partial charge on any atom is 0.340 e. The largest absolute Gasteiger partial charge is 0.435 e. The van der Waals surface area contributed by atoms with Gasteiger partial charge in [0.15, 0.2) is 0 Å². The number of benzene rings is 3. The number of carbonyl (C=O) groups is 1. The van der Waals surface area contributed by atoms with Crippen LogP contribution in [0, 0.1) is 0 Å². The maximum atomic E-state index is 12.7. The lowest BCUT2D eigenvalue weighted by atomic mass is 9.98. The number of fused-ring (bicyclic) bond motifs is 1. The summed E-state index contributed by atoms with van der Waals surface area (Å²) in [5.41, 5.74) is 2.85. The van der Waals surface area contributed by atoms with Gasteiger partial charge in [-0.3, -0.25) is 0 Å². The average molecular weight is 421 g/mol. The molecule has 1 atom stereocenters. The summed E-state index contributed by atoms with van der Waals surface area (Å²) in [6, 6.07) is 24.1. The van der Waals surface area contributed by atoms with Crippen molar-refractivity contribution in [1.29, 1.82) is 0 Å². The highest BCUT2D eigenvalue weighted by Gasteiger charge is 2.49. The number of rotatable bonds is 4. The quantitative estimate of drug-likeness (QED) is 0.453. The molecule has 142 valence electrons. The normalized spacial score (nSPS) is 17.8. The molecule has 4 aromatic rings. The van der Waals surface area contributed by atoms with Crippen molar-refractivity contribution in [1.82, 2.24) is 20.2 Å². The molecule has 0 amide bonds. The Balaban J connectivity index is 1.68. The number of thioether (sulfide) groups is 1. The van der Waals surface area contributed by atoms with Crippen LogP contribution >= 0.6 is 23.4 Å². The number of para-hydroxylation sites is 1. The number of carbonyl (C=O) groups excluding carboxylic acids is 1. The van der Waals surface area contributed by atoms with E-state index in [0.717, 1.165) is 16.8 Å². The molecule has 0 saturated heterocycles. The second-order valence-corrected chi connectivity index (χ2v) is 7.95. The molecule has 8 heteroatoms. The van der Waals surface area contributed by atoms with Crippen molar-refractivity contribution in [2.75, 3.05) is 0 Å². The van der Waals surface area contributed by atoms with Crippen LogP contribution in [0.15, 0.2) is 84.0 Å². The van der Waals surface area contributed by atoms with E-state index in [1.165, 1.54) is 11.8 Å². The van der Waals surface area contributed by atoms with Gasteiger partial charge in [0, 0.05) is 16.1 Å². The van der Waals surface area contributed by atoms with Gasteiger partial charge in [-0.15, -0.1) is 5.10 Å². The van der Waals surface area contributed by atoms with Gasteiger partial charge in [0.05, 0.1) is 11.3 Å². The second kappa shape index (κ2) is 7.02. The van der Waals surface area contributed by atoms with E-state index >= 15 is 0 Å². The summed E-state index contributed by atoms with van der Waals surface area (Å²) in [4.78, 5) is 11.6. The molecule has 0 N–H and O–H groups in total. The van der Waals surface area contributed by atoms with Crippen LogP contribution < -0.4 is 0 Å². The number of halogens is 1. The fourth-order valence-electron chi connectivity index (χ4n) is 3.31. The van der Waals surface area contributed by atoms with Crippen LogP contribution in [0.25, 0.3) is 5.69 Å². The topological polar surface area (TPSA) is 69.9 Å². The van der Waals surface area contributed by atoms with Crippen molar-refractivity contribution in [2.24, 2.45) is 0 Å². The molecule has 1 aliphatic heterocycles. The monoisotopic (exact) mass is 420 g/mol. The first kappa shape index (κ1) is 17.9. The molecule has 0 radical (unpaired) electrons. The van der Waals surface area contributed by atoms with E-state index in [1.807, 2.05) is 60.7 Å². The van der Waals surface area contributed by atoms with E-state index in [-0.39, 0.29) is 5.97 Å². The highest BCUT2D eigenvalue weighted by molar-refractivity contribution is 8.00.